The topological polar surface area (TPSA) is 116 Å². The maximum Gasteiger partial charge on any atom is 0.303 e. The van der Waals surface area contributed by atoms with Crippen molar-refractivity contribution in [2.75, 3.05) is 5.32 Å². The first-order valence-electron chi connectivity index (χ1n) is 8.35. The zero-order valence-electron chi connectivity index (χ0n) is 14.0. The second-order valence-electron chi connectivity index (χ2n) is 6.23. The zero-order chi connectivity index (χ0) is 18.7. The molecule has 0 fully saturated rings. The molecule has 26 heavy (non-hydrogen) atoms. The third-order valence-electron chi connectivity index (χ3n) is 4.31. The SMILES string of the molecule is O=C(O)CCc1cccc(NC(=O)c2cc3c([nH]c2=O)CCCC3=O)c1. The summed E-state index contributed by atoms with van der Waals surface area (Å²) in [5.41, 5.74) is 1.56. The molecule has 1 aromatic heterocycles. The number of carbonyl (C=O) groups excluding carboxylic acids is 2. The van der Waals surface area contributed by atoms with E-state index in [4.69, 9.17) is 5.11 Å². The predicted octanol–water partition coefficient (Wildman–Crippen LogP) is 2.16. The van der Waals surface area contributed by atoms with E-state index in [9.17, 15) is 19.2 Å². The molecule has 0 spiro atoms. The Labute approximate surface area is 149 Å². The number of amides is 1. The summed E-state index contributed by atoms with van der Waals surface area (Å²) in [6, 6.07) is 8.15. The maximum absolute atomic E-state index is 12.5. The molecule has 7 heteroatoms. The minimum absolute atomic E-state index is 0.00992. The van der Waals surface area contributed by atoms with Gasteiger partial charge in [0, 0.05) is 29.8 Å². The number of fused-ring (bicyclic) bond motifs is 1. The van der Waals surface area contributed by atoms with E-state index in [0.717, 1.165) is 5.56 Å². The fourth-order valence-corrected chi connectivity index (χ4v) is 3.00. The van der Waals surface area contributed by atoms with Crippen molar-refractivity contribution < 1.29 is 19.5 Å². The van der Waals surface area contributed by atoms with E-state index >= 15 is 0 Å². The average molecular weight is 354 g/mol. The lowest BCUT2D eigenvalue weighted by atomic mass is 9.93. The van der Waals surface area contributed by atoms with Gasteiger partial charge < -0.3 is 15.4 Å². The number of pyridine rings is 1. The molecule has 0 atom stereocenters. The Bertz CT molecular complexity index is 945. The number of H-pyrrole nitrogens is 1. The number of ketones is 1. The molecule has 0 bridgehead atoms. The molecule has 1 aromatic carbocycles. The number of aryl methyl sites for hydroxylation is 2. The maximum atomic E-state index is 12.5. The molecule has 1 aliphatic carbocycles. The fraction of sp³-hybridized carbons (Fsp3) is 0.263. The average Bonchev–Trinajstić information content (AvgIpc) is 2.60. The molecule has 0 radical (unpaired) electrons. The number of Topliss-reactive ketones (excluding diaryl/α,β-unsaturated/α-hetero) is 1. The Morgan fingerprint density at radius 3 is 2.73 bits per heavy atom. The standard InChI is InChI=1S/C19H18N2O5/c22-16-6-2-5-15-13(16)10-14(19(26)21-15)18(25)20-12-4-1-3-11(9-12)7-8-17(23)24/h1,3-4,9-10H,2,5-8H2,(H,20,25)(H,21,26)(H,23,24). The van der Waals surface area contributed by atoms with Crippen LogP contribution >= 0.6 is 0 Å². The van der Waals surface area contributed by atoms with Crippen molar-refractivity contribution in [1.82, 2.24) is 4.98 Å². The normalized spacial score (nSPS) is 13.2. The summed E-state index contributed by atoms with van der Waals surface area (Å²) in [7, 11) is 0. The molecule has 0 saturated heterocycles. The lowest BCUT2D eigenvalue weighted by Gasteiger charge is -2.15. The van der Waals surface area contributed by atoms with E-state index in [1.165, 1.54) is 6.07 Å². The molecule has 1 amide bonds. The van der Waals surface area contributed by atoms with Crippen LogP contribution in [0.15, 0.2) is 35.1 Å². The molecular formula is C19H18N2O5. The second-order valence-corrected chi connectivity index (χ2v) is 6.23. The summed E-state index contributed by atoms with van der Waals surface area (Å²) in [5.74, 6) is -1.58. The van der Waals surface area contributed by atoms with E-state index in [1.807, 2.05) is 0 Å². The van der Waals surface area contributed by atoms with Gasteiger partial charge in [0.2, 0.25) is 0 Å². The molecule has 3 rings (SSSR count). The van der Waals surface area contributed by atoms with Gasteiger partial charge in [-0.25, -0.2) is 0 Å². The molecule has 0 unspecified atom stereocenters. The lowest BCUT2D eigenvalue weighted by Crippen LogP contribution is -2.27. The van der Waals surface area contributed by atoms with E-state index < -0.39 is 17.4 Å². The fourth-order valence-electron chi connectivity index (χ4n) is 3.00. The number of carbonyl (C=O) groups is 3. The summed E-state index contributed by atoms with van der Waals surface area (Å²) >= 11 is 0. The van der Waals surface area contributed by atoms with Gasteiger partial charge in [0.15, 0.2) is 5.78 Å². The summed E-state index contributed by atoms with van der Waals surface area (Å²) < 4.78 is 0. The highest BCUT2D eigenvalue weighted by molar-refractivity contribution is 6.06. The Morgan fingerprint density at radius 2 is 1.96 bits per heavy atom. The van der Waals surface area contributed by atoms with Gasteiger partial charge in [0.05, 0.1) is 0 Å². The van der Waals surface area contributed by atoms with Crippen molar-refractivity contribution in [3.05, 3.63) is 63.1 Å². The second kappa shape index (κ2) is 7.35. The number of aromatic amines is 1. The first kappa shape index (κ1) is 17.6. The number of aliphatic carboxylic acids is 1. The smallest absolute Gasteiger partial charge is 0.303 e. The van der Waals surface area contributed by atoms with Gasteiger partial charge >= 0.3 is 5.97 Å². The first-order valence-corrected chi connectivity index (χ1v) is 8.35. The molecule has 2 aromatic rings. The first-order chi connectivity index (χ1) is 12.4. The Kier molecular flexibility index (Phi) is 4.97. The number of hydrogen-bond donors (Lipinski definition) is 3. The molecule has 1 heterocycles. The van der Waals surface area contributed by atoms with Gasteiger partial charge in [-0.1, -0.05) is 12.1 Å². The van der Waals surface area contributed by atoms with Crippen LogP contribution in [0.1, 0.15) is 51.2 Å². The number of rotatable bonds is 5. The molecule has 3 N–H and O–H groups in total. The number of nitrogens with one attached hydrogen (secondary N) is 2. The van der Waals surface area contributed by atoms with Gasteiger partial charge in [0.1, 0.15) is 5.56 Å². The van der Waals surface area contributed by atoms with Crippen LogP contribution < -0.4 is 10.9 Å². The molecule has 0 saturated carbocycles. The number of carboxylic acid groups (broad SMARTS) is 1. The number of hydrogen-bond acceptors (Lipinski definition) is 4. The number of aromatic nitrogens is 1. The highest BCUT2D eigenvalue weighted by atomic mass is 16.4. The van der Waals surface area contributed by atoms with Crippen LogP contribution in [-0.2, 0) is 17.6 Å². The van der Waals surface area contributed by atoms with Gasteiger partial charge in [-0.3, -0.25) is 19.2 Å². The third-order valence-corrected chi connectivity index (χ3v) is 4.31. The van der Waals surface area contributed by atoms with Crippen LogP contribution in [0.3, 0.4) is 0 Å². The highest BCUT2D eigenvalue weighted by Gasteiger charge is 2.22. The molecular weight excluding hydrogens is 336 g/mol. The van der Waals surface area contributed by atoms with Gasteiger partial charge in [-0.05, 0) is 43.0 Å². The molecule has 1 aliphatic rings. The zero-order valence-corrected chi connectivity index (χ0v) is 14.0. The van der Waals surface area contributed by atoms with E-state index in [1.54, 1.807) is 24.3 Å². The van der Waals surface area contributed by atoms with Crippen molar-refractivity contribution in [3.8, 4) is 0 Å². The van der Waals surface area contributed by atoms with Crippen LogP contribution in [0.4, 0.5) is 5.69 Å². The van der Waals surface area contributed by atoms with Crippen molar-refractivity contribution in [2.45, 2.75) is 32.1 Å². The van der Waals surface area contributed by atoms with Gasteiger partial charge in [0.25, 0.3) is 11.5 Å². The number of anilines is 1. The molecule has 134 valence electrons. The predicted molar refractivity (Wildman–Crippen MR) is 94.7 cm³/mol. The van der Waals surface area contributed by atoms with Crippen LogP contribution in [0.2, 0.25) is 0 Å². The van der Waals surface area contributed by atoms with Crippen molar-refractivity contribution in [1.29, 1.82) is 0 Å². The number of benzene rings is 1. The minimum atomic E-state index is -0.898. The monoisotopic (exact) mass is 354 g/mol. The third kappa shape index (κ3) is 3.88. The number of carboxylic acids is 1. The Morgan fingerprint density at radius 1 is 1.15 bits per heavy atom. The summed E-state index contributed by atoms with van der Waals surface area (Å²) in [5, 5.41) is 11.4. The van der Waals surface area contributed by atoms with Crippen LogP contribution in [0, 0.1) is 0 Å². The van der Waals surface area contributed by atoms with E-state index in [-0.39, 0.29) is 17.8 Å². The lowest BCUT2D eigenvalue weighted by molar-refractivity contribution is -0.136. The van der Waals surface area contributed by atoms with Crippen LogP contribution in [0.5, 0.6) is 0 Å². The summed E-state index contributed by atoms with van der Waals surface area (Å²) in [6.07, 6.45) is 2.04. The largest absolute Gasteiger partial charge is 0.481 e. The summed E-state index contributed by atoms with van der Waals surface area (Å²) in [4.78, 5) is 50.0. The summed E-state index contributed by atoms with van der Waals surface area (Å²) in [6.45, 7) is 0. The van der Waals surface area contributed by atoms with Crippen molar-refractivity contribution in [3.63, 3.8) is 0 Å². The van der Waals surface area contributed by atoms with Crippen LogP contribution in [0.25, 0.3) is 0 Å². The van der Waals surface area contributed by atoms with Crippen LogP contribution in [-0.4, -0.2) is 27.8 Å². The molecule has 0 aliphatic heterocycles. The Hall–Kier alpha value is -3.22. The highest BCUT2D eigenvalue weighted by Crippen LogP contribution is 2.19. The quantitative estimate of drug-likeness (QED) is 0.761. The minimum Gasteiger partial charge on any atom is -0.481 e. The van der Waals surface area contributed by atoms with Crippen molar-refractivity contribution >= 4 is 23.3 Å². The molecule has 7 nitrogen and oxygen atoms in total. The Balaban J connectivity index is 1.81. The van der Waals surface area contributed by atoms with Gasteiger partial charge in [-0.2, -0.15) is 0 Å². The van der Waals surface area contributed by atoms with E-state index in [0.29, 0.717) is 42.6 Å². The van der Waals surface area contributed by atoms with E-state index in [2.05, 4.69) is 10.3 Å². The van der Waals surface area contributed by atoms with Gasteiger partial charge in [-0.15, -0.1) is 0 Å². The van der Waals surface area contributed by atoms with Crippen molar-refractivity contribution in [2.24, 2.45) is 0 Å².